The first-order valence-corrected chi connectivity index (χ1v) is 12.9. The van der Waals surface area contributed by atoms with Gasteiger partial charge in [-0.2, -0.15) is 0 Å². The van der Waals surface area contributed by atoms with Gasteiger partial charge < -0.3 is 24.1 Å². The predicted molar refractivity (Wildman–Crippen MR) is 146 cm³/mol. The number of aliphatic hydroxyl groups is 2. The van der Waals surface area contributed by atoms with Gasteiger partial charge in [-0.05, 0) is 42.4 Å². The third-order valence-electron chi connectivity index (χ3n) is 6.93. The molecule has 0 saturated heterocycles. The molecule has 2 aromatic carbocycles. The molecule has 0 radical (unpaired) electrons. The predicted octanol–water partition coefficient (Wildman–Crippen LogP) is 6.62. The quantitative estimate of drug-likeness (QED) is 0.298. The number of carbonyl (C=O) groups is 1. The maximum atomic E-state index is 13.1. The first kappa shape index (κ1) is 28.7. The molecule has 2 N–H and O–H groups in total. The smallest absolute Gasteiger partial charge is 0.312 e. The van der Waals surface area contributed by atoms with E-state index in [1.165, 1.54) is 0 Å². The minimum atomic E-state index is -0.998. The molecule has 1 heterocycles. The molecule has 0 aliphatic rings. The van der Waals surface area contributed by atoms with Crippen LogP contribution in [0.15, 0.2) is 59.0 Å². The number of rotatable bonds is 10. The first-order chi connectivity index (χ1) is 17.2. The van der Waals surface area contributed by atoms with Crippen LogP contribution in [0.25, 0.3) is 22.3 Å². The Morgan fingerprint density at radius 1 is 0.892 bits per heavy atom. The van der Waals surface area contributed by atoms with E-state index in [1.807, 2.05) is 76.2 Å². The monoisotopic (exact) mass is 510 g/mol. The Kier molecular flexibility index (Phi) is 8.76. The normalized spacial score (nSPS) is 15.7. The summed E-state index contributed by atoms with van der Waals surface area (Å²) in [7, 11) is 0. The highest BCUT2D eigenvalue weighted by Gasteiger charge is 2.47. The van der Waals surface area contributed by atoms with Gasteiger partial charge in [0, 0.05) is 23.4 Å². The summed E-state index contributed by atoms with van der Waals surface area (Å²) in [5.74, 6) is 1.00. The van der Waals surface area contributed by atoms with Crippen LogP contribution in [-0.2, 0) is 9.53 Å². The second-order valence-corrected chi connectivity index (χ2v) is 12.4. The summed E-state index contributed by atoms with van der Waals surface area (Å²) in [6.07, 6.45) is -1.24. The molecule has 3 rings (SSSR count). The van der Waals surface area contributed by atoms with Crippen LogP contribution in [0.1, 0.15) is 61.3 Å². The Balaban J connectivity index is 1.52. The number of esters is 1. The molecular weight excluding hydrogens is 468 g/mol. The van der Waals surface area contributed by atoms with Crippen molar-refractivity contribution in [3.8, 4) is 17.1 Å². The number of fused-ring (bicyclic) bond motifs is 1. The Bertz CT molecular complexity index is 1170. The van der Waals surface area contributed by atoms with E-state index in [2.05, 4.69) is 20.8 Å². The Labute approximate surface area is 220 Å². The number of hydrogen-bond donors (Lipinski definition) is 2. The molecule has 0 amide bonds. The van der Waals surface area contributed by atoms with Crippen LogP contribution < -0.4 is 4.74 Å². The van der Waals surface area contributed by atoms with E-state index < -0.39 is 17.6 Å². The van der Waals surface area contributed by atoms with E-state index >= 15 is 0 Å². The van der Waals surface area contributed by atoms with Crippen LogP contribution in [0.5, 0.6) is 5.75 Å². The van der Waals surface area contributed by atoms with Gasteiger partial charge in [0.15, 0.2) is 0 Å². The average molecular weight is 511 g/mol. The average Bonchev–Trinajstić information content (AvgIpc) is 3.23. The Hall–Kier alpha value is -2.83. The number of benzene rings is 2. The molecule has 0 aliphatic carbocycles. The summed E-state index contributed by atoms with van der Waals surface area (Å²) in [5, 5.41) is 21.8. The number of ether oxygens (including phenoxy) is 2. The molecule has 0 fully saturated rings. The van der Waals surface area contributed by atoms with Gasteiger partial charge in [0.25, 0.3) is 0 Å². The molecular formula is C31H42O6. The van der Waals surface area contributed by atoms with Crippen LogP contribution in [0.3, 0.4) is 0 Å². The number of carbonyl (C=O) groups excluding carboxylic acids is 1. The Morgan fingerprint density at radius 2 is 1.54 bits per heavy atom. The van der Waals surface area contributed by atoms with Crippen molar-refractivity contribution in [3.05, 3.63) is 54.6 Å². The van der Waals surface area contributed by atoms with Crippen molar-refractivity contribution in [2.45, 2.75) is 73.5 Å². The van der Waals surface area contributed by atoms with Crippen molar-refractivity contribution < 1.29 is 28.9 Å². The minimum Gasteiger partial charge on any atom is -0.491 e. The summed E-state index contributed by atoms with van der Waals surface area (Å²) in [4.78, 5) is 13.1. The Morgan fingerprint density at radius 3 is 2.16 bits per heavy atom. The summed E-state index contributed by atoms with van der Waals surface area (Å²) in [6.45, 7) is 14.1. The zero-order valence-corrected chi connectivity index (χ0v) is 23.2. The molecule has 3 aromatic rings. The van der Waals surface area contributed by atoms with Gasteiger partial charge in [-0.1, -0.05) is 71.9 Å². The van der Waals surface area contributed by atoms with Gasteiger partial charge in [-0.15, -0.1) is 0 Å². The fourth-order valence-electron chi connectivity index (χ4n) is 4.52. The van der Waals surface area contributed by atoms with Crippen molar-refractivity contribution in [1.29, 1.82) is 0 Å². The van der Waals surface area contributed by atoms with Crippen LogP contribution in [-0.4, -0.2) is 41.6 Å². The molecule has 6 heteroatoms. The van der Waals surface area contributed by atoms with Gasteiger partial charge in [0.1, 0.15) is 30.3 Å². The number of hydrogen-bond acceptors (Lipinski definition) is 6. The SMILES string of the molecule is CC(C)(C)CC(C)(C(=O)OCC(O)CC(O)COc1ccc2cc(-c3ccccc3)oc2c1)C(C)(C)C. The highest BCUT2D eigenvalue weighted by molar-refractivity contribution is 5.84. The summed E-state index contributed by atoms with van der Waals surface area (Å²) in [5.41, 5.74) is 0.599. The van der Waals surface area contributed by atoms with E-state index in [0.717, 1.165) is 16.7 Å². The highest BCUT2D eigenvalue weighted by Crippen LogP contribution is 2.47. The molecule has 0 aliphatic heterocycles. The second kappa shape index (κ2) is 11.3. The third-order valence-corrected chi connectivity index (χ3v) is 6.93. The highest BCUT2D eigenvalue weighted by atomic mass is 16.5. The number of furan rings is 1. The van der Waals surface area contributed by atoms with E-state index in [0.29, 0.717) is 17.8 Å². The molecule has 6 nitrogen and oxygen atoms in total. The number of aliphatic hydroxyl groups excluding tert-OH is 2. The lowest BCUT2D eigenvalue weighted by atomic mass is 9.61. The maximum absolute atomic E-state index is 13.1. The van der Waals surface area contributed by atoms with Crippen LogP contribution in [0.2, 0.25) is 0 Å². The van der Waals surface area contributed by atoms with E-state index in [4.69, 9.17) is 13.9 Å². The van der Waals surface area contributed by atoms with Crippen molar-refractivity contribution in [2.24, 2.45) is 16.2 Å². The van der Waals surface area contributed by atoms with E-state index in [-0.39, 0.29) is 36.4 Å². The van der Waals surface area contributed by atoms with Gasteiger partial charge in [0.2, 0.25) is 0 Å². The van der Waals surface area contributed by atoms with Crippen molar-refractivity contribution in [3.63, 3.8) is 0 Å². The second-order valence-electron chi connectivity index (χ2n) is 12.4. The zero-order chi connectivity index (χ0) is 27.4. The fourth-order valence-corrected chi connectivity index (χ4v) is 4.52. The molecule has 202 valence electrons. The van der Waals surface area contributed by atoms with E-state index in [1.54, 1.807) is 6.07 Å². The molecule has 37 heavy (non-hydrogen) atoms. The molecule has 0 bridgehead atoms. The topological polar surface area (TPSA) is 89.1 Å². The largest absolute Gasteiger partial charge is 0.491 e. The minimum absolute atomic E-state index is 0.00745. The summed E-state index contributed by atoms with van der Waals surface area (Å²) >= 11 is 0. The third kappa shape index (κ3) is 7.59. The molecule has 0 saturated carbocycles. The summed E-state index contributed by atoms with van der Waals surface area (Å²) in [6, 6.07) is 17.4. The van der Waals surface area contributed by atoms with Crippen LogP contribution in [0.4, 0.5) is 0 Å². The lowest BCUT2D eigenvalue weighted by molar-refractivity contribution is -0.168. The molecule has 3 atom stereocenters. The fraction of sp³-hybridized carbons (Fsp3) is 0.516. The lowest BCUT2D eigenvalue weighted by Crippen LogP contribution is -2.45. The maximum Gasteiger partial charge on any atom is 0.312 e. The van der Waals surface area contributed by atoms with Crippen molar-refractivity contribution in [1.82, 2.24) is 0 Å². The summed E-state index contributed by atoms with van der Waals surface area (Å²) < 4.78 is 17.3. The van der Waals surface area contributed by atoms with E-state index in [9.17, 15) is 15.0 Å². The van der Waals surface area contributed by atoms with Crippen molar-refractivity contribution in [2.75, 3.05) is 13.2 Å². The molecule has 1 aromatic heterocycles. The zero-order valence-electron chi connectivity index (χ0n) is 23.2. The van der Waals surface area contributed by atoms with Crippen molar-refractivity contribution >= 4 is 16.9 Å². The molecule has 3 unspecified atom stereocenters. The van der Waals surface area contributed by atoms with Gasteiger partial charge in [-0.3, -0.25) is 4.79 Å². The van der Waals surface area contributed by atoms with Gasteiger partial charge in [-0.25, -0.2) is 0 Å². The van der Waals surface area contributed by atoms with Crippen LogP contribution >= 0.6 is 0 Å². The standard InChI is InChI=1S/C31H42O6/c1-29(2,3)20-31(7,30(4,5)6)28(34)36-19-24(33)16-23(32)18-35-25-14-13-22-15-26(37-27(22)17-25)21-11-9-8-10-12-21/h8-15,17,23-24,32-33H,16,18-20H2,1-7H3. The van der Waals surface area contributed by atoms with Gasteiger partial charge in [0.05, 0.1) is 17.6 Å². The van der Waals surface area contributed by atoms with Crippen LogP contribution in [0, 0.1) is 16.2 Å². The lowest BCUT2D eigenvalue weighted by Gasteiger charge is -2.43. The first-order valence-electron chi connectivity index (χ1n) is 12.9. The van der Waals surface area contributed by atoms with Gasteiger partial charge >= 0.3 is 5.97 Å². The molecule has 0 spiro atoms.